The van der Waals surface area contributed by atoms with Crippen molar-refractivity contribution in [2.75, 3.05) is 6.26 Å². The first kappa shape index (κ1) is 13.9. The van der Waals surface area contributed by atoms with Gasteiger partial charge in [-0.25, -0.2) is 0 Å². The fraction of sp³-hybridized carbons (Fsp3) is 0.0667. The lowest BCUT2D eigenvalue weighted by atomic mass is 10.1. The number of phenols is 1. The first-order valence-electron chi connectivity index (χ1n) is 6.14. The Morgan fingerprint density at radius 1 is 1.10 bits per heavy atom. The van der Waals surface area contributed by atoms with Gasteiger partial charge in [0.2, 0.25) is 0 Å². The van der Waals surface area contributed by atoms with Gasteiger partial charge in [-0.2, -0.15) is 8.42 Å². The Morgan fingerprint density at radius 2 is 1.86 bits per heavy atom. The molecule has 0 saturated heterocycles. The third-order valence-electron chi connectivity index (χ3n) is 2.91. The Labute approximate surface area is 126 Å². The summed E-state index contributed by atoms with van der Waals surface area (Å²) in [6.45, 7) is 0. The maximum atomic E-state index is 11.1. The number of fused-ring (bicyclic) bond motifs is 1. The molecule has 1 heterocycles. The zero-order valence-electron chi connectivity index (χ0n) is 11.1. The summed E-state index contributed by atoms with van der Waals surface area (Å²) < 4.78 is 28.0. The third-order valence-corrected chi connectivity index (χ3v) is 4.55. The number of benzene rings is 2. The average molecular weight is 320 g/mol. The fourth-order valence-electron chi connectivity index (χ4n) is 2.06. The van der Waals surface area contributed by atoms with E-state index < -0.39 is 10.1 Å². The van der Waals surface area contributed by atoms with Crippen LogP contribution in [0.4, 0.5) is 0 Å². The van der Waals surface area contributed by atoms with Crippen LogP contribution in [-0.2, 0) is 10.1 Å². The van der Waals surface area contributed by atoms with Crippen molar-refractivity contribution in [1.29, 1.82) is 0 Å². The monoisotopic (exact) mass is 320 g/mol. The molecule has 0 aliphatic carbocycles. The summed E-state index contributed by atoms with van der Waals surface area (Å²) in [6.07, 6.45) is 0.962. The lowest BCUT2D eigenvalue weighted by molar-refractivity contribution is 0.467. The highest BCUT2D eigenvalue weighted by molar-refractivity contribution is 7.86. The largest absolute Gasteiger partial charge is 0.507 e. The molecule has 0 fully saturated rings. The predicted molar refractivity (Wildman–Crippen MR) is 84.4 cm³/mol. The second-order valence-corrected chi connectivity index (χ2v) is 7.27. The highest BCUT2D eigenvalue weighted by Crippen LogP contribution is 2.39. The van der Waals surface area contributed by atoms with Gasteiger partial charge in [0.25, 0.3) is 0 Å². The van der Waals surface area contributed by atoms with Crippen LogP contribution in [0.1, 0.15) is 0 Å². The molecular weight excluding hydrogens is 308 g/mol. The summed E-state index contributed by atoms with van der Waals surface area (Å²) in [7, 11) is -3.60. The van der Waals surface area contributed by atoms with Crippen LogP contribution < -0.4 is 4.18 Å². The second-order valence-electron chi connectivity index (χ2n) is 4.61. The van der Waals surface area contributed by atoms with Crippen molar-refractivity contribution in [3.05, 3.63) is 48.5 Å². The Hall–Kier alpha value is -2.05. The van der Waals surface area contributed by atoms with Crippen LogP contribution >= 0.6 is 11.3 Å². The SMILES string of the molecule is CS(=O)(=O)Oc1ccc(-c2cc3ccccc3s2)c(O)c1. The van der Waals surface area contributed by atoms with E-state index in [4.69, 9.17) is 4.18 Å². The van der Waals surface area contributed by atoms with Crippen molar-refractivity contribution in [2.24, 2.45) is 0 Å². The molecule has 3 aromatic rings. The number of phenolic OH excluding ortho intramolecular Hbond substituents is 1. The third kappa shape index (κ3) is 3.01. The molecule has 0 atom stereocenters. The van der Waals surface area contributed by atoms with Gasteiger partial charge in [0.05, 0.1) is 6.26 Å². The van der Waals surface area contributed by atoms with E-state index in [1.54, 1.807) is 17.4 Å². The summed E-state index contributed by atoms with van der Waals surface area (Å²) >= 11 is 1.56. The lowest BCUT2D eigenvalue weighted by Crippen LogP contribution is -2.05. The maximum Gasteiger partial charge on any atom is 0.306 e. The van der Waals surface area contributed by atoms with Crippen molar-refractivity contribution < 1.29 is 17.7 Å². The predicted octanol–water partition coefficient (Wildman–Crippen LogP) is 3.61. The Bertz CT molecular complexity index is 877. The molecule has 2 aromatic carbocycles. The van der Waals surface area contributed by atoms with E-state index >= 15 is 0 Å². The maximum absolute atomic E-state index is 11.1. The van der Waals surface area contributed by atoms with Gasteiger partial charge in [-0.15, -0.1) is 11.3 Å². The van der Waals surface area contributed by atoms with Gasteiger partial charge in [-0.05, 0) is 29.7 Å². The second kappa shape index (κ2) is 5.05. The summed E-state index contributed by atoms with van der Waals surface area (Å²) in [4.78, 5) is 0.916. The highest BCUT2D eigenvalue weighted by atomic mass is 32.2. The molecule has 0 aliphatic heterocycles. The van der Waals surface area contributed by atoms with Crippen LogP contribution in [0.3, 0.4) is 0 Å². The minimum absolute atomic E-state index is 0.0114. The molecule has 0 bridgehead atoms. The molecule has 3 rings (SSSR count). The Kier molecular flexibility index (Phi) is 3.35. The van der Waals surface area contributed by atoms with Gasteiger partial charge in [-0.1, -0.05) is 18.2 Å². The van der Waals surface area contributed by atoms with Crippen LogP contribution in [0.15, 0.2) is 48.5 Å². The summed E-state index contributed by atoms with van der Waals surface area (Å²) in [5.74, 6) is 0.0857. The summed E-state index contributed by atoms with van der Waals surface area (Å²) in [5, 5.41) is 11.2. The number of thiophene rings is 1. The zero-order chi connectivity index (χ0) is 15.0. The molecule has 0 radical (unpaired) electrons. The zero-order valence-corrected chi connectivity index (χ0v) is 12.7. The highest BCUT2D eigenvalue weighted by Gasteiger charge is 2.11. The number of hydrogen-bond donors (Lipinski definition) is 1. The van der Waals surface area contributed by atoms with Crippen LogP contribution in [-0.4, -0.2) is 19.8 Å². The summed E-state index contributed by atoms with van der Waals surface area (Å²) in [6, 6.07) is 14.4. The van der Waals surface area contributed by atoms with Crippen molar-refractivity contribution in [3.8, 4) is 21.9 Å². The lowest BCUT2D eigenvalue weighted by Gasteiger charge is -2.06. The van der Waals surface area contributed by atoms with E-state index in [2.05, 4.69) is 0 Å². The molecule has 0 spiro atoms. The smallest absolute Gasteiger partial charge is 0.306 e. The topological polar surface area (TPSA) is 63.6 Å². The Morgan fingerprint density at radius 3 is 2.52 bits per heavy atom. The number of aromatic hydroxyl groups is 1. The molecule has 0 saturated carbocycles. The van der Waals surface area contributed by atoms with Crippen LogP contribution in [0.2, 0.25) is 0 Å². The van der Waals surface area contributed by atoms with Gasteiger partial charge >= 0.3 is 10.1 Å². The van der Waals surface area contributed by atoms with E-state index in [1.165, 1.54) is 12.1 Å². The molecule has 1 aromatic heterocycles. The van der Waals surface area contributed by atoms with E-state index in [9.17, 15) is 13.5 Å². The fourth-order valence-corrected chi connectivity index (χ4v) is 3.61. The van der Waals surface area contributed by atoms with E-state index in [0.717, 1.165) is 21.2 Å². The molecule has 0 amide bonds. The van der Waals surface area contributed by atoms with E-state index in [-0.39, 0.29) is 11.5 Å². The van der Waals surface area contributed by atoms with Gasteiger partial charge in [0.1, 0.15) is 11.5 Å². The van der Waals surface area contributed by atoms with Crippen molar-refractivity contribution in [2.45, 2.75) is 0 Å². The molecule has 6 heteroatoms. The van der Waals surface area contributed by atoms with Crippen LogP contribution in [0.25, 0.3) is 20.5 Å². The normalized spacial score (nSPS) is 11.7. The Balaban J connectivity index is 2.02. The van der Waals surface area contributed by atoms with E-state index in [0.29, 0.717) is 5.56 Å². The van der Waals surface area contributed by atoms with E-state index in [1.807, 2.05) is 30.3 Å². The molecule has 0 aliphatic rings. The molecule has 108 valence electrons. The number of hydrogen-bond acceptors (Lipinski definition) is 5. The first-order chi connectivity index (χ1) is 9.92. The van der Waals surface area contributed by atoms with Gasteiger partial charge in [-0.3, -0.25) is 0 Å². The van der Waals surface area contributed by atoms with Gasteiger partial charge in [0.15, 0.2) is 0 Å². The molecule has 21 heavy (non-hydrogen) atoms. The van der Waals surface area contributed by atoms with Crippen molar-refractivity contribution >= 4 is 31.5 Å². The quantitative estimate of drug-likeness (QED) is 0.749. The van der Waals surface area contributed by atoms with Crippen LogP contribution in [0.5, 0.6) is 11.5 Å². The minimum Gasteiger partial charge on any atom is -0.507 e. The molecule has 0 unspecified atom stereocenters. The first-order valence-corrected chi connectivity index (χ1v) is 8.77. The van der Waals surface area contributed by atoms with Crippen LogP contribution in [0, 0.1) is 0 Å². The van der Waals surface area contributed by atoms with Gasteiger partial charge < -0.3 is 9.29 Å². The molecule has 1 N–H and O–H groups in total. The van der Waals surface area contributed by atoms with Gasteiger partial charge in [0, 0.05) is 21.2 Å². The molecule has 4 nitrogen and oxygen atoms in total. The summed E-state index contributed by atoms with van der Waals surface area (Å²) in [5.41, 5.74) is 0.650. The molecular formula is C15H12O4S2. The standard InChI is InChI=1S/C15H12O4S2/c1-21(17,18)19-11-6-7-12(13(16)9-11)15-8-10-4-2-3-5-14(10)20-15/h2-9,16H,1H3. The number of rotatable bonds is 3. The van der Waals surface area contributed by atoms with Crippen molar-refractivity contribution in [1.82, 2.24) is 0 Å². The minimum atomic E-state index is -3.60. The average Bonchev–Trinajstić information content (AvgIpc) is 2.80. The van der Waals surface area contributed by atoms with Crippen molar-refractivity contribution in [3.63, 3.8) is 0 Å².